The summed E-state index contributed by atoms with van der Waals surface area (Å²) < 4.78 is 23.5. The Morgan fingerprint density at radius 1 is 0.828 bits per heavy atom. The number of ketones is 1. The van der Waals surface area contributed by atoms with Gasteiger partial charge in [-0.1, -0.05) is 18.2 Å². The van der Waals surface area contributed by atoms with Gasteiger partial charge in [0.2, 0.25) is 0 Å². The number of hydrogen-bond donors (Lipinski definition) is 0. The summed E-state index contributed by atoms with van der Waals surface area (Å²) in [5, 5.41) is 0. The maximum atomic E-state index is 12.9. The van der Waals surface area contributed by atoms with Gasteiger partial charge in [-0.2, -0.15) is 0 Å². The van der Waals surface area contributed by atoms with Gasteiger partial charge < -0.3 is 9.47 Å². The van der Waals surface area contributed by atoms with Crippen LogP contribution in [0.4, 0.5) is 4.39 Å². The molecule has 3 rings (SSSR count). The van der Waals surface area contributed by atoms with Crippen LogP contribution in [0.15, 0.2) is 78.9 Å². The molecule has 146 valence electrons. The molecule has 3 aromatic rings. The lowest BCUT2D eigenvalue weighted by Crippen LogP contribution is -2.08. The number of ether oxygens (including phenoxy) is 2. The fourth-order valence-electron chi connectivity index (χ4n) is 2.55. The van der Waals surface area contributed by atoms with Crippen LogP contribution in [0.2, 0.25) is 0 Å². The van der Waals surface area contributed by atoms with E-state index in [0.717, 1.165) is 11.3 Å². The highest BCUT2D eigenvalue weighted by Gasteiger charge is 2.09. The van der Waals surface area contributed by atoms with Gasteiger partial charge >= 0.3 is 5.97 Å². The third kappa shape index (κ3) is 5.62. The van der Waals surface area contributed by atoms with E-state index in [1.54, 1.807) is 30.3 Å². The highest BCUT2D eigenvalue weighted by Crippen LogP contribution is 2.17. The average Bonchev–Trinajstić information content (AvgIpc) is 2.74. The molecule has 0 N–H and O–H groups in total. The van der Waals surface area contributed by atoms with Crippen molar-refractivity contribution in [3.63, 3.8) is 0 Å². The molecule has 0 saturated carbocycles. The summed E-state index contributed by atoms with van der Waals surface area (Å²) in [7, 11) is 0. The van der Waals surface area contributed by atoms with Crippen molar-refractivity contribution in [1.29, 1.82) is 0 Å². The molecule has 0 heterocycles. The highest BCUT2D eigenvalue weighted by molar-refractivity contribution is 6.06. The van der Waals surface area contributed by atoms with Gasteiger partial charge in [-0.25, -0.2) is 9.18 Å². The van der Waals surface area contributed by atoms with Gasteiger partial charge in [0, 0.05) is 5.56 Å². The maximum Gasteiger partial charge on any atom is 0.343 e. The summed E-state index contributed by atoms with van der Waals surface area (Å²) >= 11 is 0. The Morgan fingerprint density at radius 3 is 2.03 bits per heavy atom. The number of carbonyl (C=O) groups excluding carboxylic acids is 2. The maximum absolute atomic E-state index is 12.9. The first-order valence-electron chi connectivity index (χ1n) is 9.08. The standard InChI is InChI=1S/C24H19FO4/c1-2-28-21-12-3-17(4-13-21)5-16-23(26)18-8-14-22(15-9-18)29-24(27)19-6-10-20(25)11-7-19/h3-16H,2H2,1H3. The second-order valence-electron chi connectivity index (χ2n) is 6.12. The number of allylic oxidation sites excluding steroid dienone is 1. The van der Waals surface area contributed by atoms with Crippen LogP contribution < -0.4 is 9.47 Å². The molecule has 0 bridgehead atoms. The number of carbonyl (C=O) groups is 2. The zero-order chi connectivity index (χ0) is 20.6. The summed E-state index contributed by atoms with van der Waals surface area (Å²) in [6.45, 7) is 2.52. The molecule has 4 nitrogen and oxygen atoms in total. The number of hydrogen-bond acceptors (Lipinski definition) is 4. The van der Waals surface area contributed by atoms with Crippen molar-refractivity contribution in [3.05, 3.63) is 101 Å². The molecule has 3 aromatic carbocycles. The molecular formula is C24H19FO4. The van der Waals surface area contributed by atoms with Crippen molar-refractivity contribution in [3.8, 4) is 11.5 Å². The minimum Gasteiger partial charge on any atom is -0.494 e. The Kier molecular flexibility index (Phi) is 6.53. The van der Waals surface area contributed by atoms with Crippen molar-refractivity contribution in [1.82, 2.24) is 0 Å². The zero-order valence-corrected chi connectivity index (χ0v) is 15.8. The molecule has 5 heteroatoms. The fraction of sp³-hybridized carbons (Fsp3) is 0.0833. The third-order valence-corrected chi connectivity index (χ3v) is 4.05. The monoisotopic (exact) mass is 390 g/mol. The second kappa shape index (κ2) is 9.46. The van der Waals surface area contributed by atoms with Crippen LogP contribution in [0.1, 0.15) is 33.2 Å². The van der Waals surface area contributed by atoms with E-state index in [4.69, 9.17) is 9.47 Å². The zero-order valence-electron chi connectivity index (χ0n) is 15.8. The van der Waals surface area contributed by atoms with E-state index in [0.29, 0.717) is 17.9 Å². The first-order valence-corrected chi connectivity index (χ1v) is 9.08. The van der Waals surface area contributed by atoms with Gasteiger partial charge in [0.25, 0.3) is 0 Å². The van der Waals surface area contributed by atoms with Crippen LogP contribution in [0.5, 0.6) is 11.5 Å². The van der Waals surface area contributed by atoms with E-state index in [1.165, 1.54) is 30.3 Å². The second-order valence-corrected chi connectivity index (χ2v) is 6.12. The molecule has 0 unspecified atom stereocenters. The predicted octanol–water partition coefficient (Wildman–Crippen LogP) is 5.34. The lowest BCUT2D eigenvalue weighted by molar-refractivity contribution is 0.0734. The van der Waals surface area contributed by atoms with E-state index in [2.05, 4.69) is 0 Å². The summed E-state index contributed by atoms with van der Waals surface area (Å²) in [5.74, 6) is -0.120. The normalized spacial score (nSPS) is 10.7. The van der Waals surface area contributed by atoms with Crippen molar-refractivity contribution in [2.45, 2.75) is 6.92 Å². The Bertz CT molecular complexity index is 1000. The fourth-order valence-corrected chi connectivity index (χ4v) is 2.55. The largest absolute Gasteiger partial charge is 0.494 e. The lowest BCUT2D eigenvalue weighted by atomic mass is 10.1. The summed E-state index contributed by atoms with van der Waals surface area (Å²) in [5.41, 5.74) is 1.59. The van der Waals surface area contributed by atoms with E-state index >= 15 is 0 Å². The quantitative estimate of drug-likeness (QED) is 0.236. The summed E-state index contributed by atoms with van der Waals surface area (Å²) in [6.07, 6.45) is 3.20. The molecule has 0 atom stereocenters. The van der Waals surface area contributed by atoms with Gasteiger partial charge in [-0.3, -0.25) is 4.79 Å². The SMILES string of the molecule is CCOc1ccc(C=CC(=O)c2ccc(OC(=O)c3ccc(F)cc3)cc2)cc1. The van der Waals surface area contributed by atoms with Crippen molar-refractivity contribution >= 4 is 17.8 Å². The van der Waals surface area contributed by atoms with Crippen LogP contribution in [0.3, 0.4) is 0 Å². The summed E-state index contributed by atoms with van der Waals surface area (Å²) in [4.78, 5) is 24.4. The molecular weight excluding hydrogens is 371 g/mol. The van der Waals surface area contributed by atoms with Crippen LogP contribution in [-0.2, 0) is 0 Å². The van der Waals surface area contributed by atoms with Crippen LogP contribution in [0.25, 0.3) is 6.08 Å². The van der Waals surface area contributed by atoms with Gasteiger partial charge in [0.15, 0.2) is 5.78 Å². The Balaban J connectivity index is 1.60. The Hall–Kier alpha value is -3.73. The van der Waals surface area contributed by atoms with Crippen molar-refractivity contribution < 1.29 is 23.5 Å². The molecule has 0 aromatic heterocycles. The molecule has 0 radical (unpaired) electrons. The molecule has 0 aliphatic carbocycles. The van der Waals surface area contributed by atoms with E-state index in [1.807, 2.05) is 31.2 Å². The highest BCUT2D eigenvalue weighted by atomic mass is 19.1. The van der Waals surface area contributed by atoms with E-state index < -0.39 is 11.8 Å². The molecule has 0 fully saturated rings. The summed E-state index contributed by atoms with van der Waals surface area (Å²) in [6, 6.07) is 18.7. The first kappa shape index (κ1) is 20.0. The van der Waals surface area contributed by atoms with E-state index in [-0.39, 0.29) is 11.3 Å². The molecule has 0 spiro atoms. The average molecular weight is 390 g/mol. The topological polar surface area (TPSA) is 52.6 Å². The lowest BCUT2D eigenvalue weighted by Gasteiger charge is -2.05. The number of benzene rings is 3. The number of halogens is 1. The number of rotatable bonds is 7. The smallest absolute Gasteiger partial charge is 0.343 e. The minimum atomic E-state index is -0.598. The van der Waals surface area contributed by atoms with Crippen molar-refractivity contribution in [2.75, 3.05) is 6.61 Å². The van der Waals surface area contributed by atoms with Gasteiger partial charge in [-0.15, -0.1) is 0 Å². The van der Waals surface area contributed by atoms with E-state index in [9.17, 15) is 14.0 Å². The van der Waals surface area contributed by atoms with Crippen LogP contribution in [0, 0.1) is 5.82 Å². The Labute approximate surface area is 168 Å². The molecule has 0 aliphatic rings. The minimum absolute atomic E-state index is 0.171. The van der Waals surface area contributed by atoms with Gasteiger partial charge in [0.1, 0.15) is 17.3 Å². The van der Waals surface area contributed by atoms with Gasteiger partial charge in [0.05, 0.1) is 12.2 Å². The molecule has 0 amide bonds. The van der Waals surface area contributed by atoms with Crippen molar-refractivity contribution in [2.24, 2.45) is 0 Å². The molecule has 0 saturated heterocycles. The van der Waals surface area contributed by atoms with Crippen LogP contribution in [-0.4, -0.2) is 18.4 Å². The Morgan fingerprint density at radius 2 is 1.41 bits per heavy atom. The third-order valence-electron chi connectivity index (χ3n) is 4.05. The predicted molar refractivity (Wildman–Crippen MR) is 109 cm³/mol. The number of esters is 1. The van der Waals surface area contributed by atoms with Gasteiger partial charge in [-0.05, 0) is 79.2 Å². The molecule has 0 aliphatic heterocycles. The first-order chi connectivity index (χ1) is 14.0. The van der Waals surface area contributed by atoms with Crippen LogP contribution >= 0.6 is 0 Å². The molecule has 29 heavy (non-hydrogen) atoms.